The molecule has 0 radical (unpaired) electrons. The molecule has 1 aromatic carbocycles. The highest BCUT2D eigenvalue weighted by atomic mass is 19.1. The largest absolute Gasteiger partial charge is 0.396 e. The van der Waals surface area contributed by atoms with Gasteiger partial charge in [-0.3, -0.25) is 14.9 Å². The number of hydrogen-bond donors (Lipinski definition) is 3. The van der Waals surface area contributed by atoms with Gasteiger partial charge < -0.3 is 16.2 Å². The number of nitro groups is 1. The zero-order chi connectivity index (χ0) is 15.4. The Kier molecular flexibility index (Phi) is 4.98. The van der Waals surface area contributed by atoms with E-state index in [-0.39, 0.29) is 18.1 Å². The second-order valence-corrected chi connectivity index (χ2v) is 4.57. The molecular formula is C12H16FN3O4. The number of nitrogens with zero attached hydrogens (tertiary/aromatic N) is 1. The van der Waals surface area contributed by atoms with Crippen LogP contribution in [0.25, 0.3) is 0 Å². The quantitative estimate of drug-likeness (QED) is 0.424. The van der Waals surface area contributed by atoms with Crippen LogP contribution in [0.2, 0.25) is 0 Å². The Bertz CT molecular complexity index is 536. The van der Waals surface area contributed by atoms with Gasteiger partial charge in [0.15, 0.2) is 0 Å². The van der Waals surface area contributed by atoms with E-state index in [4.69, 9.17) is 10.8 Å². The number of amides is 1. The number of aliphatic hydroxyl groups is 1. The lowest BCUT2D eigenvalue weighted by molar-refractivity contribution is -0.384. The summed E-state index contributed by atoms with van der Waals surface area (Å²) in [6, 6.07) is 1.11. The number of hydrogen-bond acceptors (Lipinski definition) is 5. The zero-order valence-corrected chi connectivity index (χ0v) is 11.1. The van der Waals surface area contributed by atoms with Crippen LogP contribution in [-0.2, 0) is 0 Å². The monoisotopic (exact) mass is 285 g/mol. The van der Waals surface area contributed by atoms with Crippen LogP contribution in [0.1, 0.15) is 24.2 Å². The number of carbonyl (C=O) groups is 1. The van der Waals surface area contributed by atoms with Gasteiger partial charge in [-0.1, -0.05) is 6.92 Å². The number of nitrogen functional groups attached to an aromatic ring is 1. The molecule has 0 aromatic heterocycles. The first-order valence-corrected chi connectivity index (χ1v) is 5.93. The summed E-state index contributed by atoms with van der Waals surface area (Å²) in [5.74, 6) is -1.86. The number of nitrogens with one attached hydrogen (secondary N) is 1. The van der Waals surface area contributed by atoms with Crippen molar-refractivity contribution in [2.24, 2.45) is 5.92 Å². The molecule has 0 aliphatic carbocycles. The first kappa shape index (κ1) is 15.8. The van der Waals surface area contributed by atoms with Crippen molar-refractivity contribution in [2.45, 2.75) is 19.9 Å². The van der Waals surface area contributed by atoms with Gasteiger partial charge in [-0.15, -0.1) is 0 Å². The van der Waals surface area contributed by atoms with Crippen LogP contribution in [0.4, 0.5) is 15.8 Å². The van der Waals surface area contributed by atoms with Crippen molar-refractivity contribution in [3.05, 3.63) is 33.6 Å². The first-order valence-electron chi connectivity index (χ1n) is 5.93. The number of nitro benzene ring substituents is 1. The summed E-state index contributed by atoms with van der Waals surface area (Å²) in [6.45, 7) is 3.23. The summed E-state index contributed by atoms with van der Waals surface area (Å²) in [4.78, 5) is 21.8. The van der Waals surface area contributed by atoms with Crippen molar-refractivity contribution in [3.63, 3.8) is 0 Å². The molecule has 7 nitrogen and oxygen atoms in total. The van der Waals surface area contributed by atoms with E-state index in [1.165, 1.54) is 0 Å². The third kappa shape index (κ3) is 3.41. The highest BCUT2D eigenvalue weighted by Crippen LogP contribution is 2.26. The van der Waals surface area contributed by atoms with Crippen molar-refractivity contribution >= 4 is 17.3 Å². The number of benzene rings is 1. The summed E-state index contributed by atoms with van der Waals surface area (Å²) in [6.07, 6.45) is 0. The fourth-order valence-electron chi connectivity index (χ4n) is 1.53. The average molecular weight is 285 g/mol. The van der Waals surface area contributed by atoms with Gasteiger partial charge in [-0.05, 0) is 18.9 Å². The standard InChI is InChI=1S/C12H16FN3O4/c1-6(5-17)7(2)15-12(18)9-3-8(13)4-10(11(9)14)16(19)20/h3-4,6-7,17H,5,14H2,1-2H3,(H,15,18). The molecule has 0 heterocycles. The molecule has 0 aliphatic rings. The lowest BCUT2D eigenvalue weighted by Crippen LogP contribution is -2.38. The Hall–Kier alpha value is -2.22. The number of halogens is 1. The average Bonchev–Trinajstić information content (AvgIpc) is 2.39. The highest BCUT2D eigenvalue weighted by Gasteiger charge is 2.23. The fourth-order valence-corrected chi connectivity index (χ4v) is 1.53. The smallest absolute Gasteiger partial charge is 0.295 e. The molecule has 0 aliphatic heterocycles. The van der Waals surface area contributed by atoms with Gasteiger partial charge in [0.25, 0.3) is 11.6 Å². The molecule has 0 saturated carbocycles. The Labute approximate surface area is 114 Å². The minimum Gasteiger partial charge on any atom is -0.396 e. The minimum absolute atomic E-state index is 0.139. The van der Waals surface area contributed by atoms with E-state index in [0.717, 1.165) is 6.07 Å². The summed E-state index contributed by atoms with van der Waals surface area (Å²) < 4.78 is 13.3. The Morgan fingerprint density at radius 2 is 2.15 bits per heavy atom. The van der Waals surface area contributed by atoms with Crippen LogP contribution in [-0.4, -0.2) is 28.6 Å². The lowest BCUT2D eigenvalue weighted by Gasteiger charge is -2.19. The van der Waals surface area contributed by atoms with E-state index in [0.29, 0.717) is 6.07 Å². The van der Waals surface area contributed by atoms with Gasteiger partial charge in [0.05, 0.1) is 16.6 Å². The molecule has 0 fully saturated rings. The van der Waals surface area contributed by atoms with E-state index in [9.17, 15) is 19.3 Å². The van der Waals surface area contributed by atoms with E-state index < -0.39 is 34.1 Å². The molecule has 0 spiro atoms. The molecule has 20 heavy (non-hydrogen) atoms. The van der Waals surface area contributed by atoms with Crippen molar-refractivity contribution in [3.8, 4) is 0 Å². The molecule has 2 atom stereocenters. The second kappa shape index (κ2) is 6.29. The highest BCUT2D eigenvalue weighted by molar-refractivity contribution is 6.01. The predicted octanol–water partition coefficient (Wildman–Crippen LogP) is 1.06. The lowest BCUT2D eigenvalue weighted by atomic mass is 10.0. The Morgan fingerprint density at radius 3 is 2.65 bits per heavy atom. The molecule has 1 rings (SSSR count). The molecule has 8 heteroatoms. The number of anilines is 1. The van der Waals surface area contributed by atoms with E-state index in [2.05, 4.69) is 5.32 Å². The van der Waals surface area contributed by atoms with Gasteiger partial charge in [0.1, 0.15) is 11.5 Å². The van der Waals surface area contributed by atoms with Crippen LogP contribution in [0.3, 0.4) is 0 Å². The van der Waals surface area contributed by atoms with Crippen molar-refractivity contribution in [1.29, 1.82) is 0 Å². The maximum atomic E-state index is 13.3. The van der Waals surface area contributed by atoms with E-state index >= 15 is 0 Å². The maximum absolute atomic E-state index is 13.3. The Morgan fingerprint density at radius 1 is 1.55 bits per heavy atom. The molecule has 1 aromatic rings. The van der Waals surface area contributed by atoms with Gasteiger partial charge in [-0.25, -0.2) is 4.39 Å². The van der Waals surface area contributed by atoms with Crippen molar-refractivity contribution in [2.75, 3.05) is 12.3 Å². The molecular weight excluding hydrogens is 269 g/mol. The third-order valence-corrected chi connectivity index (χ3v) is 3.06. The summed E-state index contributed by atoms with van der Waals surface area (Å²) in [5, 5.41) is 22.2. The molecule has 2 unspecified atom stereocenters. The molecule has 1 amide bonds. The molecule has 0 bridgehead atoms. The van der Waals surface area contributed by atoms with Crippen LogP contribution >= 0.6 is 0 Å². The maximum Gasteiger partial charge on any atom is 0.295 e. The van der Waals surface area contributed by atoms with Gasteiger partial charge in [0.2, 0.25) is 0 Å². The van der Waals surface area contributed by atoms with Crippen LogP contribution in [0, 0.1) is 21.8 Å². The van der Waals surface area contributed by atoms with Gasteiger partial charge in [-0.2, -0.15) is 0 Å². The van der Waals surface area contributed by atoms with E-state index in [1.54, 1.807) is 13.8 Å². The van der Waals surface area contributed by atoms with Gasteiger partial charge in [0, 0.05) is 12.6 Å². The third-order valence-electron chi connectivity index (χ3n) is 3.06. The van der Waals surface area contributed by atoms with Crippen LogP contribution < -0.4 is 11.1 Å². The number of aliphatic hydroxyl groups excluding tert-OH is 1. The molecule has 4 N–H and O–H groups in total. The van der Waals surface area contributed by atoms with Crippen LogP contribution in [0.5, 0.6) is 0 Å². The number of nitrogens with two attached hydrogens (primary N) is 1. The normalized spacial score (nSPS) is 13.6. The zero-order valence-electron chi connectivity index (χ0n) is 11.1. The number of rotatable bonds is 5. The topological polar surface area (TPSA) is 118 Å². The molecule has 110 valence electrons. The van der Waals surface area contributed by atoms with Crippen LogP contribution in [0.15, 0.2) is 12.1 Å². The minimum atomic E-state index is -0.918. The fraction of sp³-hybridized carbons (Fsp3) is 0.417. The Balaban J connectivity index is 3.07. The molecule has 0 saturated heterocycles. The second-order valence-electron chi connectivity index (χ2n) is 4.57. The first-order chi connectivity index (χ1) is 9.27. The van der Waals surface area contributed by atoms with Crippen molar-refractivity contribution in [1.82, 2.24) is 5.32 Å². The van der Waals surface area contributed by atoms with E-state index in [1.807, 2.05) is 0 Å². The predicted molar refractivity (Wildman–Crippen MR) is 70.6 cm³/mol. The van der Waals surface area contributed by atoms with Gasteiger partial charge >= 0.3 is 0 Å². The number of carbonyl (C=O) groups excluding carboxylic acids is 1. The van der Waals surface area contributed by atoms with Crippen molar-refractivity contribution < 1.29 is 19.2 Å². The summed E-state index contributed by atoms with van der Waals surface area (Å²) in [5.41, 5.74) is 4.18. The SMILES string of the molecule is CC(CO)C(C)NC(=O)c1cc(F)cc([N+](=O)[O-])c1N. The summed E-state index contributed by atoms with van der Waals surface area (Å²) in [7, 11) is 0. The summed E-state index contributed by atoms with van der Waals surface area (Å²) >= 11 is 0.